The van der Waals surface area contributed by atoms with Gasteiger partial charge in [-0.2, -0.15) is 0 Å². The summed E-state index contributed by atoms with van der Waals surface area (Å²) in [5, 5.41) is 5.34. The standard InChI is InChI=1S/C16H22N2O5/c1-4-10(2)14(15(19)21-3)18-16(20)17-11-5-6-12-13(9-11)23-8-7-22-12/h5-6,9-10,14H,4,7-8H2,1-3H3,(H2,17,18,20)/t10-,14+/m1/s1. The largest absolute Gasteiger partial charge is 0.486 e. The number of esters is 1. The van der Waals surface area contributed by atoms with Crippen molar-refractivity contribution in [2.45, 2.75) is 26.3 Å². The van der Waals surface area contributed by atoms with Gasteiger partial charge in [-0.15, -0.1) is 0 Å². The molecular weight excluding hydrogens is 300 g/mol. The van der Waals surface area contributed by atoms with E-state index in [0.29, 0.717) is 30.4 Å². The lowest BCUT2D eigenvalue weighted by Gasteiger charge is -2.22. The van der Waals surface area contributed by atoms with Crippen LogP contribution in [0.2, 0.25) is 0 Å². The number of nitrogens with one attached hydrogen (secondary N) is 2. The zero-order chi connectivity index (χ0) is 16.8. The van der Waals surface area contributed by atoms with E-state index in [4.69, 9.17) is 14.2 Å². The highest BCUT2D eigenvalue weighted by atomic mass is 16.6. The van der Waals surface area contributed by atoms with Gasteiger partial charge in [-0.05, 0) is 18.1 Å². The zero-order valence-electron chi connectivity index (χ0n) is 13.5. The maximum Gasteiger partial charge on any atom is 0.328 e. The van der Waals surface area contributed by atoms with Crippen LogP contribution in [0.15, 0.2) is 18.2 Å². The molecule has 0 fully saturated rings. The van der Waals surface area contributed by atoms with Crippen molar-refractivity contribution in [3.63, 3.8) is 0 Å². The molecule has 0 radical (unpaired) electrons. The highest BCUT2D eigenvalue weighted by Gasteiger charge is 2.26. The summed E-state index contributed by atoms with van der Waals surface area (Å²) in [6.45, 7) is 4.81. The van der Waals surface area contributed by atoms with Gasteiger partial charge in [-0.1, -0.05) is 20.3 Å². The van der Waals surface area contributed by atoms with Crippen molar-refractivity contribution < 1.29 is 23.8 Å². The van der Waals surface area contributed by atoms with E-state index >= 15 is 0 Å². The van der Waals surface area contributed by atoms with Crippen molar-refractivity contribution in [1.82, 2.24) is 5.32 Å². The Morgan fingerprint density at radius 3 is 2.61 bits per heavy atom. The third-order valence-electron chi connectivity index (χ3n) is 3.75. The van der Waals surface area contributed by atoms with Gasteiger partial charge in [0.05, 0.1) is 7.11 Å². The maximum absolute atomic E-state index is 12.1. The van der Waals surface area contributed by atoms with E-state index in [2.05, 4.69) is 10.6 Å². The lowest BCUT2D eigenvalue weighted by Crippen LogP contribution is -2.47. The Labute approximate surface area is 135 Å². The van der Waals surface area contributed by atoms with E-state index in [1.807, 2.05) is 13.8 Å². The molecule has 0 saturated carbocycles. The number of urea groups is 1. The number of fused-ring (bicyclic) bond motifs is 1. The Morgan fingerprint density at radius 2 is 1.96 bits per heavy atom. The summed E-state index contributed by atoms with van der Waals surface area (Å²) in [5.41, 5.74) is 0.555. The number of carbonyl (C=O) groups excluding carboxylic acids is 2. The highest BCUT2D eigenvalue weighted by molar-refractivity contribution is 5.92. The average Bonchev–Trinajstić information content (AvgIpc) is 2.58. The van der Waals surface area contributed by atoms with Gasteiger partial charge >= 0.3 is 12.0 Å². The molecule has 1 aliphatic heterocycles. The van der Waals surface area contributed by atoms with Crippen LogP contribution in [0.5, 0.6) is 11.5 Å². The molecule has 0 bridgehead atoms. The Balaban J connectivity index is 2.01. The molecule has 23 heavy (non-hydrogen) atoms. The Hall–Kier alpha value is -2.44. The third-order valence-corrected chi connectivity index (χ3v) is 3.75. The van der Waals surface area contributed by atoms with Crippen molar-refractivity contribution >= 4 is 17.7 Å². The van der Waals surface area contributed by atoms with Crippen LogP contribution in [-0.2, 0) is 9.53 Å². The lowest BCUT2D eigenvalue weighted by molar-refractivity contribution is -0.144. The van der Waals surface area contributed by atoms with Crippen LogP contribution in [0.3, 0.4) is 0 Å². The van der Waals surface area contributed by atoms with Crippen LogP contribution >= 0.6 is 0 Å². The molecule has 7 heteroatoms. The number of amides is 2. The van der Waals surface area contributed by atoms with E-state index in [1.54, 1.807) is 18.2 Å². The summed E-state index contributed by atoms with van der Waals surface area (Å²) in [6, 6.07) is 3.96. The SMILES string of the molecule is CC[C@@H](C)[C@H](NC(=O)Nc1ccc2c(c1)OCCO2)C(=O)OC. The smallest absolute Gasteiger partial charge is 0.328 e. The molecular formula is C16H22N2O5. The quantitative estimate of drug-likeness (QED) is 0.811. The Bertz CT molecular complexity index is 576. The van der Waals surface area contributed by atoms with Crippen LogP contribution in [0.4, 0.5) is 10.5 Å². The lowest BCUT2D eigenvalue weighted by atomic mass is 9.99. The number of benzene rings is 1. The monoisotopic (exact) mass is 322 g/mol. The Kier molecular flexibility index (Phi) is 5.67. The minimum Gasteiger partial charge on any atom is -0.486 e. The molecule has 7 nitrogen and oxygen atoms in total. The number of rotatable bonds is 5. The number of hydrogen-bond donors (Lipinski definition) is 2. The molecule has 126 valence electrons. The summed E-state index contributed by atoms with van der Waals surface area (Å²) in [5.74, 6) is 0.736. The van der Waals surface area contributed by atoms with Crippen molar-refractivity contribution in [1.29, 1.82) is 0 Å². The van der Waals surface area contributed by atoms with E-state index in [1.165, 1.54) is 7.11 Å². The summed E-state index contributed by atoms with van der Waals surface area (Å²) in [4.78, 5) is 23.9. The molecule has 1 heterocycles. The first-order valence-corrected chi connectivity index (χ1v) is 7.60. The second-order valence-electron chi connectivity index (χ2n) is 5.34. The molecule has 1 aromatic carbocycles. The van der Waals surface area contributed by atoms with Gasteiger partial charge in [0.1, 0.15) is 19.3 Å². The molecule has 2 rings (SSSR count). The zero-order valence-corrected chi connectivity index (χ0v) is 13.5. The van der Waals surface area contributed by atoms with Crippen LogP contribution in [0.1, 0.15) is 20.3 Å². The fourth-order valence-electron chi connectivity index (χ4n) is 2.23. The molecule has 2 N–H and O–H groups in total. The van der Waals surface area contributed by atoms with Crippen LogP contribution in [0.25, 0.3) is 0 Å². The second-order valence-corrected chi connectivity index (χ2v) is 5.34. The fourth-order valence-corrected chi connectivity index (χ4v) is 2.23. The summed E-state index contributed by atoms with van der Waals surface area (Å²) < 4.78 is 15.6. The topological polar surface area (TPSA) is 85.9 Å². The first-order valence-electron chi connectivity index (χ1n) is 7.60. The second kappa shape index (κ2) is 7.71. The average molecular weight is 322 g/mol. The van der Waals surface area contributed by atoms with Crippen molar-refractivity contribution in [3.8, 4) is 11.5 Å². The minimum absolute atomic E-state index is 0.0338. The molecule has 2 amide bonds. The number of hydrogen-bond acceptors (Lipinski definition) is 5. The first kappa shape index (κ1) is 16.9. The number of carbonyl (C=O) groups is 2. The van der Waals surface area contributed by atoms with Crippen LogP contribution in [-0.4, -0.2) is 38.4 Å². The van der Waals surface area contributed by atoms with E-state index in [9.17, 15) is 9.59 Å². The summed E-state index contributed by atoms with van der Waals surface area (Å²) in [7, 11) is 1.30. The normalized spacial score (nSPS) is 15.3. The van der Waals surface area contributed by atoms with Gasteiger partial charge < -0.3 is 24.8 Å². The molecule has 0 saturated heterocycles. The number of ether oxygens (including phenoxy) is 3. The summed E-state index contributed by atoms with van der Waals surface area (Å²) in [6.07, 6.45) is 0.740. The number of anilines is 1. The van der Waals surface area contributed by atoms with Crippen LogP contribution in [0, 0.1) is 5.92 Å². The van der Waals surface area contributed by atoms with Gasteiger partial charge in [0.2, 0.25) is 0 Å². The predicted octanol–water partition coefficient (Wildman–Crippen LogP) is 2.17. The van der Waals surface area contributed by atoms with E-state index < -0.39 is 18.0 Å². The van der Waals surface area contributed by atoms with Gasteiger partial charge in [-0.3, -0.25) is 0 Å². The predicted molar refractivity (Wildman–Crippen MR) is 84.8 cm³/mol. The fraction of sp³-hybridized carbons (Fsp3) is 0.500. The van der Waals surface area contributed by atoms with Crippen molar-refractivity contribution in [2.75, 3.05) is 25.6 Å². The van der Waals surface area contributed by atoms with Crippen molar-refractivity contribution in [2.24, 2.45) is 5.92 Å². The maximum atomic E-state index is 12.1. The molecule has 0 aromatic heterocycles. The first-order chi connectivity index (χ1) is 11.0. The van der Waals surface area contributed by atoms with Gasteiger partial charge in [-0.25, -0.2) is 9.59 Å². The Morgan fingerprint density at radius 1 is 1.26 bits per heavy atom. The van der Waals surface area contributed by atoms with Crippen LogP contribution < -0.4 is 20.1 Å². The number of methoxy groups -OCH3 is 1. The highest BCUT2D eigenvalue weighted by Crippen LogP contribution is 2.32. The molecule has 2 atom stereocenters. The minimum atomic E-state index is -0.692. The van der Waals surface area contributed by atoms with Gasteiger partial charge in [0.15, 0.2) is 11.5 Å². The van der Waals surface area contributed by atoms with Crippen molar-refractivity contribution in [3.05, 3.63) is 18.2 Å². The molecule has 0 unspecified atom stereocenters. The van der Waals surface area contributed by atoms with E-state index in [0.717, 1.165) is 6.42 Å². The molecule has 0 spiro atoms. The third kappa shape index (κ3) is 4.28. The molecule has 1 aliphatic rings. The van der Waals surface area contributed by atoms with Gasteiger partial charge in [0.25, 0.3) is 0 Å². The van der Waals surface area contributed by atoms with Gasteiger partial charge in [0, 0.05) is 11.8 Å². The summed E-state index contributed by atoms with van der Waals surface area (Å²) >= 11 is 0. The molecule has 0 aliphatic carbocycles. The molecule has 1 aromatic rings. The van der Waals surface area contributed by atoms with E-state index in [-0.39, 0.29) is 5.92 Å².